The van der Waals surface area contributed by atoms with Gasteiger partial charge in [0.2, 0.25) is 0 Å². The minimum absolute atomic E-state index is 0.0732. The van der Waals surface area contributed by atoms with Gasteiger partial charge in [0.1, 0.15) is 0 Å². The van der Waals surface area contributed by atoms with Gasteiger partial charge in [-0.1, -0.05) is 6.92 Å². The number of hydrogen-bond donors (Lipinski definition) is 1. The largest absolute Gasteiger partial charge is 0.371 e. The molecule has 0 radical (unpaired) electrons. The average Bonchev–Trinajstić information content (AvgIpc) is 2.43. The Balaban J connectivity index is 2.48. The molecule has 0 amide bonds. The molecule has 1 heterocycles. The van der Waals surface area contributed by atoms with Gasteiger partial charge in [-0.15, -0.1) is 0 Å². The van der Waals surface area contributed by atoms with E-state index in [0.29, 0.717) is 6.42 Å². The van der Waals surface area contributed by atoms with Gasteiger partial charge in [-0.2, -0.15) is 0 Å². The summed E-state index contributed by atoms with van der Waals surface area (Å²) in [6, 6.07) is -0.251. The number of sulfone groups is 1. The molecule has 4 nitrogen and oxygen atoms in total. The van der Waals surface area contributed by atoms with Crippen molar-refractivity contribution in [3.8, 4) is 0 Å². The van der Waals surface area contributed by atoms with E-state index in [1.807, 2.05) is 20.8 Å². The van der Waals surface area contributed by atoms with Crippen LogP contribution in [0.3, 0.4) is 0 Å². The third-order valence-corrected chi connectivity index (χ3v) is 4.80. The maximum atomic E-state index is 11.8. The summed E-state index contributed by atoms with van der Waals surface area (Å²) in [5, 5.41) is 0. The standard InChI is InChI=1S/C11H23NO3S/c1-4-9(12)7-16(13,14)8-10-5-6-11(2,3)15-10/h9-10H,4-8,12H2,1-3H3. The molecule has 0 aromatic heterocycles. The second kappa shape index (κ2) is 5.02. The molecule has 1 saturated heterocycles. The lowest BCUT2D eigenvalue weighted by Gasteiger charge is -2.19. The van der Waals surface area contributed by atoms with E-state index in [1.54, 1.807) is 0 Å². The Morgan fingerprint density at radius 1 is 1.50 bits per heavy atom. The summed E-state index contributed by atoms with van der Waals surface area (Å²) >= 11 is 0. The predicted octanol–water partition coefficient (Wildman–Crippen LogP) is 1.10. The molecule has 1 aliphatic rings. The van der Waals surface area contributed by atoms with Gasteiger partial charge in [-0.05, 0) is 33.1 Å². The minimum atomic E-state index is -3.08. The van der Waals surface area contributed by atoms with Crippen LogP contribution in [0.2, 0.25) is 0 Å². The first-order valence-electron chi connectivity index (χ1n) is 5.88. The zero-order valence-corrected chi connectivity index (χ0v) is 11.2. The molecule has 2 N–H and O–H groups in total. The topological polar surface area (TPSA) is 69.4 Å². The molecule has 0 bridgehead atoms. The first-order valence-corrected chi connectivity index (χ1v) is 7.70. The lowest BCUT2D eigenvalue weighted by atomic mass is 10.1. The maximum Gasteiger partial charge on any atom is 0.154 e. The molecule has 1 rings (SSSR count). The number of nitrogens with two attached hydrogens (primary N) is 1. The third-order valence-electron chi connectivity index (χ3n) is 2.99. The van der Waals surface area contributed by atoms with E-state index in [4.69, 9.17) is 10.5 Å². The molecule has 2 atom stereocenters. The molecule has 96 valence electrons. The fraction of sp³-hybridized carbons (Fsp3) is 1.00. The Morgan fingerprint density at radius 3 is 2.56 bits per heavy atom. The van der Waals surface area contributed by atoms with E-state index >= 15 is 0 Å². The average molecular weight is 249 g/mol. The number of ether oxygens (including phenoxy) is 1. The fourth-order valence-electron chi connectivity index (χ4n) is 1.99. The van der Waals surface area contributed by atoms with Crippen molar-refractivity contribution in [1.82, 2.24) is 0 Å². The molecule has 5 heteroatoms. The van der Waals surface area contributed by atoms with Crippen LogP contribution in [0, 0.1) is 0 Å². The zero-order valence-electron chi connectivity index (χ0n) is 10.4. The first-order chi connectivity index (χ1) is 7.24. The van der Waals surface area contributed by atoms with Gasteiger partial charge in [0.05, 0.1) is 23.2 Å². The Bertz CT molecular complexity index is 324. The van der Waals surface area contributed by atoms with E-state index < -0.39 is 9.84 Å². The molecule has 2 unspecified atom stereocenters. The highest BCUT2D eigenvalue weighted by Gasteiger charge is 2.34. The van der Waals surface area contributed by atoms with Gasteiger partial charge < -0.3 is 10.5 Å². The van der Waals surface area contributed by atoms with Gasteiger partial charge in [-0.25, -0.2) is 8.42 Å². The summed E-state index contributed by atoms with van der Waals surface area (Å²) in [7, 11) is -3.08. The number of hydrogen-bond acceptors (Lipinski definition) is 4. The molecule has 16 heavy (non-hydrogen) atoms. The van der Waals surface area contributed by atoms with Crippen molar-refractivity contribution < 1.29 is 13.2 Å². The first kappa shape index (κ1) is 13.9. The lowest BCUT2D eigenvalue weighted by Crippen LogP contribution is -2.33. The van der Waals surface area contributed by atoms with Crippen molar-refractivity contribution in [3.63, 3.8) is 0 Å². The van der Waals surface area contributed by atoms with Crippen molar-refractivity contribution in [3.05, 3.63) is 0 Å². The summed E-state index contributed by atoms with van der Waals surface area (Å²) in [5.74, 6) is 0.188. The molecule has 0 aromatic rings. The summed E-state index contributed by atoms with van der Waals surface area (Å²) in [6.45, 7) is 5.89. The van der Waals surface area contributed by atoms with Gasteiger partial charge in [0, 0.05) is 6.04 Å². The highest BCUT2D eigenvalue weighted by atomic mass is 32.2. The molecule has 1 aliphatic heterocycles. The molecule has 0 aromatic carbocycles. The third kappa shape index (κ3) is 4.39. The van der Waals surface area contributed by atoms with Gasteiger partial charge in [0.25, 0.3) is 0 Å². The van der Waals surface area contributed by atoms with Gasteiger partial charge in [0.15, 0.2) is 9.84 Å². The Morgan fingerprint density at radius 2 is 2.12 bits per heavy atom. The van der Waals surface area contributed by atoms with E-state index in [1.165, 1.54) is 0 Å². The summed E-state index contributed by atoms with van der Waals surface area (Å²) in [4.78, 5) is 0. The Labute approximate surface area is 98.5 Å². The quantitative estimate of drug-likeness (QED) is 0.792. The van der Waals surface area contributed by atoms with E-state index in [-0.39, 0.29) is 29.3 Å². The zero-order chi connectivity index (χ0) is 12.4. The van der Waals surface area contributed by atoms with E-state index in [2.05, 4.69) is 0 Å². The van der Waals surface area contributed by atoms with Gasteiger partial charge in [-0.3, -0.25) is 0 Å². The molecule has 1 fully saturated rings. The smallest absolute Gasteiger partial charge is 0.154 e. The SMILES string of the molecule is CCC(N)CS(=O)(=O)CC1CCC(C)(C)O1. The molecular weight excluding hydrogens is 226 g/mol. The highest BCUT2D eigenvalue weighted by molar-refractivity contribution is 7.91. The van der Waals surface area contributed by atoms with Crippen LogP contribution in [0.15, 0.2) is 0 Å². The summed E-state index contributed by atoms with van der Waals surface area (Å²) < 4.78 is 29.3. The minimum Gasteiger partial charge on any atom is -0.371 e. The van der Waals surface area contributed by atoms with Crippen molar-refractivity contribution in [1.29, 1.82) is 0 Å². The predicted molar refractivity (Wildman–Crippen MR) is 65.1 cm³/mol. The summed E-state index contributed by atoms with van der Waals surface area (Å²) in [6.07, 6.45) is 2.29. The maximum absolute atomic E-state index is 11.8. The normalized spacial score (nSPS) is 26.9. The number of rotatable bonds is 5. The van der Waals surface area contributed by atoms with Gasteiger partial charge >= 0.3 is 0 Å². The van der Waals surface area contributed by atoms with Crippen molar-refractivity contribution in [2.75, 3.05) is 11.5 Å². The summed E-state index contributed by atoms with van der Waals surface area (Å²) in [5.41, 5.74) is 5.49. The molecular formula is C11H23NO3S. The van der Waals surface area contributed by atoms with Crippen LogP contribution in [-0.2, 0) is 14.6 Å². The Kier molecular flexibility index (Phi) is 4.37. The van der Waals surface area contributed by atoms with Crippen molar-refractivity contribution >= 4 is 9.84 Å². The van der Waals surface area contributed by atoms with Crippen LogP contribution in [0.4, 0.5) is 0 Å². The van der Waals surface area contributed by atoms with E-state index in [9.17, 15) is 8.42 Å². The van der Waals surface area contributed by atoms with Crippen molar-refractivity contribution in [2.45, 2.75) is 57.8 Å². The van der Waals surface area contributed by atoms with Crippen molar-refractivity contribution in [2.24, 2.45) is 5.73 Å². The molecule has 0 saturated carbocycles. The Hall–Kier alpha value is -0.130. The molecule has 0 spiro atoms. The second-order valence-electron chi connectivity index (χ2n) is 5.28. The van der Waals surface area contributed by atoms with Crippen LogP contribution in [0.25, 0.3) is 0 Å². The van der Waals surface area contributed by atoms with Crippen LogP contribution in [0.1, 0.15) is 40.0 Å². The lowest BCUT2D eigenvalue weighted by molar-refractivity contribution is -0.00527. The second-order valence-corrected chi connectivity index (χ2v) is 7.44. The van der Waals surface area contributed by atoms with E-state index in [0.717, 1.165) is 12.8 Å². The fourth-order valence-corrected chi connectivity index (χ4v) is 3.82. The van der Waals surface area contributed by atoms with Crippen LogP contribution in [-0.4, -0.2) is 37.7 Å². The van der Waals surface area contributed by atoms with Crippen LogP contribution >= 0.6 is 0 Å². The molecule has 0 aliphatic carbocycles. The highest BCUT2D eigenvalue weighted by Crippen LogP contribution is 2.30. The van der Waals surface area contributed by atoms with Crippen LogP contribution in [0.5, 0.6) is 0 Å². The van der Waals surface area contributed by atoms with Crippen LogP contribution < -0.4 is 5.73 Å². The monoisotopic (exact) mass is 249 g/mol.